The number of aryl methyl sites for hydroxylation is 1. The number of rotatable bonds is 2. The molecule has 6 nitrogen and oxygen atoms in total. The maximum atomic E-state index is 12.5. The summed E-state index contributed by atoms with van der Waals surface area (Å²) in [6, 6.07) is 6.13. The zero-order chi connectivity index (χ0) is 14.4. The third-order valence-corrected chi connectivity index (χ3v) is 4.70. The number of benzene rings is 1. The number of amides is 1. The number of hydrazine groups is 1. The molecular formula is C15H19N5O. The van der Waals surface area contributed by atoms with E-state index in [0.717, 1.165) is 29.6 Å². The smallest absolute Gasteiger partial charge is 0.243 e. The van der Waals surface area contributed by atoms with E-state index in [4.69, 9.17) is 0 Å². The Morgan fingerprint density at radius 2 is 2.29 bits per heavy atom. The molecule has 3 atom stereocenters. The van der Waals surface area contributed by atoms with Crippen LogP contribution in [0.5, 0.6) is 0 Å². The van der Waals surface area contributed by atoms with Gasteiger partial charge >= 0.3 is 0 Å². The van der Waals surface area contributed by atoms with E-state index in [-0.39, 0.29) is 11.9 Å². The molecule has 2 fully saturated rings. The lowest BCUT2D eigenvalue weighted by Crippen LogP contribution is -2.42. The normalized spacial score (nSPS) is 28.0. The SMILES string of the molecule is Cn1cnc2cc(NC(=O)C3NNC4CCCC43)ccc21. The summed E-state index contributed by atoms with van der Waals surface area (Å²) in [5.41, 5.74) is 9.14. The average molecular weight is 285 g/mol. The fourth-order valence-electron chi connectivity index (χ4n) is 3.56. The fraction of sp³-hybridized carbons (Fsp3) is 0.467. The van der Waals surface area contributed by atoms with E-state index in [1.165, 1.54) is 6.42 Å². The van der Waals surface area contributed by atoms with E-state index in [9.17, 15) is 4.79 Å². The maximum absolute atomic E-state index is 12.5. The van der Waals surface area contributed by atoms with E-state index in [2.05, 4.69) is 21.2 Å². The van der Waals surface area contributed by atoms with Crippen molar-refractivity contribution in [3.05, 3.63) is 24.5 Å². The highest BCUT2D eigenvalue weighted by atomic mass is 16.2. The summed E-state index contributed by atoms with van der Waals surface area (Å²) >= 11 is 0. The van der Waals surface area contributed by atoms with Crippen molar-refractivity contribution in [2.75, 3.05) is 5.32 Å². The quantitative estimate of drug-likeness (QED) is 0.774. The van der Waals surface area contributed by atoms with Gasteiger partial charge in [0.1, 0.15) is 6.04 Å². The number of imidazole rings is 1. The first-order valence-corrected chi connectivity index (χ1v) is 7.45. The topological polar surface area (TPSA) is 71.0 Å². The van der Waals surface area contributed by atoms with Crippen LogP contribution in [-0.2, 0) is 11.8 Å². The van der Waals surface area contributed by atoms with Crippen molar-refractivity contribution < 1.29 is 4.79 Å². The summed E-state index contributed by atoms with van der Waals surface area (Å²) in [6.07, 6.45) is 5.25. The predicted octanol–water partition coefficient (Wildman–Crippen LogP) is 1.16. The zero-order valence-electron chi connectivity index (χ0n) is 12.0. The molecular weight excluding hydrogens is 266 g/mol. The van der Waals surface area contributed by atoms with Crippen molar-refractivity contribution >= 4 is 22.6 Å². The van der Waals surface area contributed by atoms with Gasteiger partial charge in [-0.05, 0) is 31.0 Å². The molecule has 0 spiro atoms. The van der Waals surface area contributed by atoms with Gasteiger partial charge < -0.3 is 9.88 Å². The highest BCUT2D eigenvalue weighted by molar-refractivity contribution is 5.96. The van der Waals surface area contributed by atoms with Gasteiger partial charge in [0, 0.05) is 24.7 Å². The molecule has 1 saturated heterocycles. The van der Waals surface area contributed by atoms with Crippen LogP contribution in [0.2, 0.25) is 0 Å². The minimum atomic E-state index is -0.142. The molecule has 2 heterocycles. The van der Waals surface area contributed by atoms with Crippen LogP contribution >= 0.6 is 0 Å². The minimum absolute atomic E-state index is 0.0344. The zero-order valence-corrected chi connectivity index (χ0v) is 12.0. The second-order valence-electron chi connectivity index (χ2n) is 6.02. The van der Waals surface area contributed by atoms with Crippen LogP contribution in [0.15, 0.2) is 24.5 Å². The van der Waals surface area contributed by atoms with Crippen LogP contribution in [0.1, 0.15) is 19.3 Å². The molecule has 1 aliphatic carbocycles. The number of hydrogen-bond acceptors (Lipinski definition) is 4. The van der Waals surface area contributed by atoms with Gasteiger partial charge in [0.2, 0.25) is 5.91 Å². The fourth-order valence-corrected chi connectivity index (χ4v) is 3.56. The van der Waals surface area contributed by atoms with Gasteiger partial charge in [-0.25, -0.2) is 10.4 Å². The summed E-state index contributed by atoms with van der Waals surface area (Å²) in [5.74, 6) is 0.441. The second-order valence-corrected chi connectivity index (χ2v) is 6.02. The van der Waals surface area contributed by atoms with E-state index in [1.807, 2.05) is 29.8 Å². The molecule has 0 radical (unpaired) electrons. The Kier molecular flexibility index (Phi) is 2.94. The van der Waals surface area contributed by atoms with Gasteiger partial charge in [-0.15, -0.1) is 0 Å². The van der Waals surface area contributed by atoms with Crippen LogP contribution in [-0.4, -0.2) is 27.5 Å². The number of carbonyl (C=O) groups is 1. The standard InChI is InChI=1S/C15H19N5O/c1-20-8-16-12-7-9(5-6-13(12)20)17-15(21)14-10-3-2-4-11(10)18-19-14/h5-8,10-11,14,18-19H,2-4H2,1H3,(H,17,21). The Hall–Kier alpha value is -1.92. The molecule has 1 saturated carbocycles. The monoisotopic (exact) mass is 285 g/mol. The molecule has 21 heavy (non-hydrogen) atoms. The Balaban J connectivity index is 1.52. The van der Waals surface area contributed by atoms with Crippen molar-refractivity contribution in [1.82, 2.24) is 20.4 Å². The van der Waals surface area contributed by atoms with Crippen molar-refractivity contribution in [2.24, 2.45) is 13.0 Å². The van der Waals surface area contributed by atoms with Crippen molar-refractivity contribution in [3.63, 3.8) is 0 Å². The van der Waals surface area contributed by atoms with E-state index in [0.29, 0.717) is 12.0 Å². The molecule has 1 aromatic carbocycles. The van der Waals surface area contributed by atoms with Crippen molar-refractivity contribution in [2.45, 2.75) is 31.3 Å². The maximum Gasteiger partial charge on any atom is 0.243 e. The van der Waals surface area contributed by atoms with Crippen LogP contribution < -0.4 is 16.2 Å². The number of anilines is 1. The van der Waals surface area contributed by atoms with E-state index in [1.54, 1.807) is 6.33 Å². The first kappa shape index (κ1) is 12.8. The largest absolute Gasteiger partial charge is 0.334 e. The Bertz CT molecular complexity index is 694. The van der Waals surface area contributed by atoms with Crippen LogP contribution in [0, 0.1) is 5.92 Å². The first-order valence-electron chi connectivity index (χ1n) is 7.45. The molecule has 1 aromatic heterocycles. The van der Waals surface area contributed by atoms with Gasteiger partial charge in [0.15, 0.2) is 0 Å². The number of nitrogens with zero attached hydrogens (tertiary/aromatic N) is 2. The minimum Gasteiger partial charge on any atom is -0.334 e. The van der Waals surface area contributed by atoms with Gasteiger partial charge in [-0.3, -0.25) is 10.2 Å². The lowest BCUT2D eigenvalue weighted by molar-refractivity contribution is -0.118. The summed E-state index contributed by atoms with van der Waals surface area (Å²) in [7, 11) is 1.96. The Labute approximate surface area is 122 Å². The Morgan fingerprint density at radius 1 is 1.38 bits per heavy atom. The Morgan fingerprint density at radius 3 is 3.19 bits per heavy atom. The molecule has 110 valence electrons. The van der Waals surface area contributed by atoms with E-state index >= 15 is 0 Å². The third kappa shape index (κ3) is 2.11. The van der Waals surface area contributed by atoms with Crippen LogP contribution in [0.4, 0.5) is 5.69 Å². The second kappa shape index (κ2) is 4.82. The van der Waals surface area contributed by atoms with Gasteiger partial charge in [0.05, 0.1) is 17.4 Å². The molecule has 0 bridgehead atoms. The molecule has 3 N–H and O–H groups in total. The summed E-state index contributed by atoms with van der Waals surface area (Å²) in [6.45, 7) is 0. The number of hydrogen-bond donors (Lipinski definition) is 3. The van der Waals surface area contributed by atoms with Crippen LogP contribution in [0.3, 0.4) is 0 Å². The lowest BCUT2D eigenvalue weighted by Gasteiger charge is -2.16. The number of aromatic nitrogens is 2. The van der Waals surface area contributed by atoms with Gasteiger partial charge in [-0.2, -0.15) is 0 Å². The summed E-state index contributed by atoms with van der Waals surface area (Å²) in [4.78, 5) is 16.8. The summed E-state index contributed by atoms with van der Waals surface area (Å²) in [5, 5.41) is 3.01. The predicted molar refractivity (Wildman–Crippen MR) is 80.5 cm³/mol. The third-order valence-electron chi connectivity index (χ3n) is 4.70. The van der Waals surface area contributed by atoms with Gasteiger partial charge in [-0.1, -0.05) is 6.42 Å². The molecule has 4 rings (SSSR count). The van der Waals surface area contributed by atoms with Crippen molar-refractivity contribution in [3.8, 4) is 0 Å². The van der Waals surface area contributed by atoms with Crippen molar-refractivity contribution in [1.29, 1.82) is 0 Å². The average Bonchev–Trinajstić information content (AvgIpc) is 3.14. The highest BCUT2D eigenvalue weighted by Gasteiger charge is 2.42. The molecule has 2 aliphatic rings. The molecule has 2 aromatic rings. The lowest BCUT2D eigenvalue weighted by atomic mass is 9.96. The number of carbonyl (C=O) groups excluding carboxylic acids is 1. The van der Waals surface area contributed by atoms with E-state index < -0.39 is 0 Å². The molecule has 6 heteroatoms. The van der Waals surface area contributed by atoms with Gasteiger partial charge in [0.25, 0.3) is 0 Å². The number of fused-ring (bicyclic) bond motifs is 2. The molecule has 1 amide bonds. The highest BCUT2D eigenvalue weighted by Crippen LogP contribution is 2.32. The first-order chi connectivity index (χ1) is 10.2. The molecule has 3 unspecified atom stereocenters. The van der Waals surface area contributed by atoms with Crippen LogP contribution in [0.25, 0.3) is 11.0 Å². The summed E-state index contributed by atoms with van der Waals surface area (Å²) < 4.78 is 1.96. The number of nitrogens with one attached hydrogen (secondary N) is 3. The molecule has 1 aliphatic heterocycles.